The van der Waals surface area contributed by atoms with Gasteiger partial charge in [0.2, 0.25) is 5.95 Å². The van der Waals surface area contributed by atoms with Crippen molar-refractivity contribution in [3.63, 3.8) is 0 Å². The lowest BCUT2D eigenvalue weighted by Gasteiger charge is -2.32. The molecule has 0 radical (unpaired) electrons. The minimum absolute atomic E-state index is 0.0422. The Labute approximate surface area is 135 Å². The molecular weight excluding hydrogens is 325 g/mol. The average Bonchev–Trinajstić information content (AvgIpc) is 2.91. The minimum Gasteiger partial charge on any atom is -0.393 e. The number of hydrogen-bond donors (Lipinski definition) is 3. The Hall–Kier alpha value is -2.36. The van der Waals surface area contributed by atoms with E-state index in [-0.39, 0.29) is 23.9 Å². The van der Waals surface area contributed by atoms with Gasteiger partial charge in [0, 0.05) is 18.8 Å². The van der Waals surface area contributed by atoms with Crippen LogP contribution in [0.5, 0.6) is 0 Å². The number of aliphatic hydroxyl groups excluding tert-OH is 1. The van der Waals surface area contributed by atoms with Crippen LogP contribution in [0.3, 0.4) is 0 Å². The molecule has 10 heteroatoms. The van der Waals surface area contributed by atoms with E-state index in [0.717, 1.165) is 6.20 Å². The van der Waals surface area contributed by atoms with Crippen LogP contribution >= 0.6 is 0 Å². The van der Waals surface area contributed by atoms with E-state index in [1.54, 1.807) is 23.9 Å². The van der Waals surface area contributed by atoms with Gasteiger partial charge in [0.05, 0.1) is 18.3 Å². The molecule has 0 spiro atoms. The first-order chi connectivity index (χ1) is 11.4. The van der Waals surface area contributed by atoms with Crippen molar-refractivity contribution < 1.29 is 18.3 Å². The molecule has 1 aliphatic carbocycles. The van der Waals surface area contributed by atoms with E-state index >= 15 is 0 Å². The van der Waals surface area contributed by atoms with Crippen LogP contribution in [-0.2, 0) is 6.18 Å². The summed E-state index contributed by atoms with van der Waals surface area (Å²) in [4.78, 5) is 7.67. The van der Waals surface area contributed by atoms with Crippen LogP contribution in [0.4, 0.5) is 30.8 Å². The van der Waals surface area contributed by atoms with Crippen molar-refractivity contribution >= 4 is 17.6 Å². The summed E-state index contributed by atoms with van der Waals surface area (Å²) in [5.74, 6) is 0.335. The fourth-order valence-electron chi connectivity index (χ4n) is 2.53. The van der Waals surface area contributed by atoms with Crippen LogP contribution < -0.4 is 10.6 Å². The van der Waals surface area contributed by atoms with Crippen molar-refractivity contribution in [3.05, 3.63) is 24.0 Å². The smallest absolute Gasteiger partial charge is 0.393 e. The lowest BCUT2D eigenvalue weighted by Crippen LogP contribution is -2.31. The standard InChI is InChI=1S/C14H17F3N6O/c1-2-18-12-10(14(15,16)17)7-19-13(22-12)21-11-3-4-20-23(11)8-5-9(24)6-8/h3-4,7-9,24H,2,5-6H2,1H3,(H2,18,19,21,22)/t8-,9-. The third-order valence-corrected chi connectivity index (χ3v) is 3.78. The van der Waals surface area contributed by atoms with Crippen molar-refractivity contribution in [2.24, 2.45) is 0 Å². The fourth-order valence-corrected chi connectivity index (χ4v) is 2.53. The molecule has 3 N–H and O–H groups in total. The maximum Gasteiger partial charge on any atom is 0.421 e. The van der Waals surface area contributed by atoms with Crippen LogP contribution in [0.1, 0.15) is 31.4 Å². The maximum absolute atomic E-state index is 13.0. The maximum atomic E-state index is 13.0. The Morgan fingerprint density at radius 2 is 2.12 bits per heavy atom. The van der Waals surface area contributed by atoms with Gasteiger partial charge in [-0.2, -0.15) is 23.3 Å². The second kappa shape index (κ2) is 6.27. The summed E-state index contributed by atoms with van der Waals surface area (Å²) in [6.45, 7) is 1.99. The molecule has 2 heterocycles. The van der Waals surface area contributed by atoms with Crippen molar-refractivity contribution in [1.29, 1.82) is 0 Å². The highest BCUT2D eigenvalue weighted by atomic mass is 19.4. The highest BCUT2D eigenvalue weighted by molar-refractivity contribution is 5.54. The zero-order chi connectivity index (χ0) is 17.3. The summed E-state index contributed by atoms with van der Waals surface area (Å²) in [6.07, 6.45) is -1.36. The van der Waals surface area contributed by atoms with Crippen molar-refractivity contribution in [2.45, 2.75) is 38.1 Å². The van der Waals surface area contributed by atoms with Crippen LogP contribution in [-0.4, -0.2) is 37.5 Å². The zero-order valence-corrected chi connectivity index (χ0v) is 12.9. The molecule has 7 nitrogen and oxygen atoms in total. The monoisotopic (exact) mass is 342 g/mol. The van der Waals surface area contributed by atoms with Crippen LogP contribution in [0.2, 0.25) is 0 Å². The van der Waals surface area contributed by atoms with Gasteiger partial charge in [-0.25, -0.2) is 9.67 Å². The number of aromatic nitrogens is 4. The summed E-state index contributed by atoms with van der Waals surface area (Å²) < 4.78 is 40.6. The summed E-state index contributed by atoms with van der Waals surface area (Å²) in [7, 11) is 0. The van der Waals surface area contributed by atoms with Gasteiger partial charge in [-0.3, -0.25) is 0 Å². The molecule has 0 aliphatic heterocycles. The quantitative estimate of drug-likeness (QED) is 0.774. The van der Waals surface area contributed by atoms with Crippen molar-refractivity contribution in [1.82, 2.24) is 19.7 Å². The van der Waals surface area contributed by atoms with Gasteiger partial charge in [-0.15, -0.1) is 0 Å². The van der Waals surface area contributed by atoms with E-state index in [1.807, 2.05) is 0 Å². The predicted octanol–water partition coefficient (Wildman–Crippen LogP) is 2.56. The van der Waals surface area contributed by atoms with E-state index < -0.39 is 11.7 Å². The molecule has 0 aromatic carbocycles. The number of alkyl halides is 3. The Balaban J connectivity index is 1.83. The van der Waals surface area contributed by atoms with Gasteiger partial charge in [0.1, 0.15) is 17.2 Å². The molecule has 0 bridgehead atoms. The molecule has 0 saturated heterocycles. The molecule has 1 fully saturated rings. The average molecular weight is 342 g/mol. The van der Waals surface area contributed by atoms with Gasteiger partial charge < -0.3 is 15.7 Å². The lowest BCUT2D eigenvalue weighted by atomic mass is 9.90. The molecular formula is C14H17F3N6O. The van der Waals surface area contributed by atoms with Gasteiger partial charge in [-0.1, -0.05) is 0 Å². The second-order valence-corrected chi connectivity index (χ2v) is 5.55. The molecule has 1 saturated carbocycles. The molecule has 2 aromatic rings. The first-order valence-corrected chi connectivity index (χ1v) is 7.55. The Morgan fingerprint density at radius 3 is 2.75 bits per heavy atom. The van der Waals surface area contributed by atoms with E-state index in [2.05, 4.69) is 25.7 Å². The summed E-state index contributed by atoms with van der Waals surface area (Å²) >= 11 is 0. The lowest BCUT2D eigenvalue weighted by molar-refractivity contribution is -0.137. The number of hydrogen-bond acceptors (Lipinski definition) is 6. The van der Waals surface area contributed by atoms with Crippen molar-refractivity contribution in [3.8, 4) is 0 Å². The molecule has 3 rings (SSSR count). The number of nitrogens with one attached hydrogen (secondary N) is 2. The normalized spacial score (nSPS) is 20.5. The highest BCUT2D eigenvalue weighted by Crippen LogP contribution is 2.36. The molecule has 2 aromatic heterocycles. The number of halogens is 3. The van der Waals surface area contributed by atoms with E-state index in [1.165, 1.54) is 0 Å². The Kier molecular flexibility index (Phi) is 4.31. The van der Waals surface area contributed by atoms with Gasteiger partial charge in [-0.05, 0) is 19.8 Å². The Bertz CT molecular complexity index is 711. The number of aliphatic hydroxyl groups is 1. The second-order valence-electron chi connectivity index (χ2n) is 5.55. The van der Waals surface area contributed by atoms with Gasteiger partial charge >= 0.3 is 6.18 Å². The fraction of sp³-hybridized carbons (Fsp3) is 0.500. The SMILES string of the molecule is CCNc1nc(Nc2ccnn2[C@H]2C[C@H](O)C2)ncc1C(F)(F)F. The molecule has 24 heavy (non-hydrogen) atoms. The number of rotatable bonds is 5. The third kappa shape index (κ3) is 3.28. The van der Waals surface area contributed by atoms with Crippen LogP contribution in [0, 0.1) is 0 Å². The number of anilines is 3. The van der Waals surface area contributed by atoms with Crippen LogP contribution in [0.15, 0.2) is 18.5 Å². The predicted molar refractivity (Wildman–Crippen MR) is 81.0 cm³/mol. The van der Waals surface area contributed by atoms with E-state index in [0.29, 0.717) is 25.2 Å². The zero-order valence-electron chi connectivity index (χ0n) is 12.9. The first-order valence-electron chi connectivity index (χ1n) is 7.55. The van der Waals surface area contributed by atoms with E-state index in [4.69, 9.17) is 0 Å². The largest absolute Gasteiger partial charge is 0.421 e. The molecule has 0 amide bonds. The van der Waals surface area contributed by atoms with E-state index in [9.17, 15) is 18.3 Å². The topological polar surface area (TPSA) is 87.9 Å². The van der Waals surface area contributed by atoms with Crippen LogP contribution in [0.25, 0.3) is 0 Å². The third-order valence-electron chi connectivity index (χ3n) is 3.78. The molecule has 0 unspecified atom stereocenters. The highest BCUT2D eigenvalue weighted by Gasteiger charge is 2.35. The summed E-state index contributed by atoms with van der Waals surface area (Å²) in [6, 6.07) is 1.73. The van der Waals surface area contributed by atoms with Gasteiger partial charge in [0.15, 0.2) is 0 Å². The molecule has 0 atom stereocenters. The molecule has 130 valence electrons. The first kappa shape index (κ1) is 16.5. The molecule has 1 aliphatic rings. The number of nitrogens with zero attached hydrogens (tertiary/aromatic N) is 4. The Morgan fingerprint density at radius 1 is 1.38 bits per heavy atom. The van der Waals surface area contributed by atoms with Gasteiger partial charge in [0.25, 0.3) is 0 Å². The van der Waals surface area contributed by atoms with Crippen molar-refractivity contribution in [2.75, 3.05) is 17.2 Å². The minimum atomic E-state index is -4.53. The summed E-state index contributed by atoms with van der Waals surface area (Å²) in [5.41, 5.74) is -0.912. The summed E-state index contributed by atoms with van der Waals surface area (Å²) in [5, 5.41) is 19.1.